The van der Waals surface area contributed by atoms with Crippen LogP contribution in [0.4, 0.5) is 11.4 Å². The number of nitrogens with zero attached hydrogens (tertiary/aromatic N) is 2. The van der Waals surface area contributed by atoms with Crippen molar-refractivity contribution < 1.29 is 14.8 Å². The quantitative estimate of drug-likeness (QED) is 0.512. The average Bonchev–Trinajstić information content (AvgIpc) is 2.51. The minimum Gasteiger partial charge on any atom is -0.500 e. The Morgan fingerprint density at radius 2 is 2.09 bits per heavy atom. The molecule has 2 aromatic rings. The summed E-state index contributed by atoms with van der Waals surface area (Å²) in [4.78, 5) is 14.8. The third-order valence-corrected chi connectivity index (χ3v) is 3.50. The second-order valence-electron chi connectivity index (χ2n) is 5.05. The lowest BCUT2D eigenvalue weighted by Crippen LogP contribution is -1.97. The van der Waals surface area contributed by atoms with Gasteiger partial charge in [-0.2, -0.15) is 0 Å². The monoisotopic (exact) mass is 314 g/mol. The third kappa shape index (κ3) is 3.66. The van der Waals surface area contributed by atoms with Crippen LogP contribution in [0.5, 0.6) is 11.5 Å². The lowest BCUT2D eigenvalue weighted by molar-refractivity contribution is -0.386. The van der Waals surface area contributed by atoms with Crippen LogP contribution in [-0.2, 0) is 0 Å². The van der Waals surface area contributed by atoms with Crippen molar-refractivity contribution in [1.82, 2.24) is 0 Å². The van der Waals surface area contributed by atoms with Crippen LogP contribution in [0.25, 0.3) is 0 Å². The molecular formula is C17H18N2O4. The molecule has 2 rings (SSSR count). The van der Waals surface area contributed by atoms with Gasteiger partial charge in [0.15, 0.2) is 5.75 Å². The van der Waals surface area contributed by atoms with Gasteiger partial charge in [0, 0.05) is 17.8 Å². The molecule has 0 aliphatic carbocycles. The molecule has 0 saturated heterocycles. The van der Waals surface area contributed by atoms with Crippen molar-refractivity contribution in [2.45, 2.75) is 20.8 Å². The summed E-state index contributed by atoms with van der Waals surface area (Å²) >= 11 is 0. The smallest absolute Gasteiger partial charge is 0.315 e. The van der Waals surface area contributed by atoms with Crippen LogP contribution < -0.4 is 4.74 Å². The molecule has 2 aromatic carbocycles. The summed E-state index contributed by atoms with van der Waals surface area (Å²) in [5, 5.41) is 20.9. The molecule has 6 heteroatoms. The van der Waals surface area contributed by atoms with Crippen molar-refractivity contribution in [3.63, 3.8) is 0 Å². The van der Waals surface area contributed by atoms with Crippen molar-refractivity contribution >= 4 is 17.6 Å². The van der Waals surface area contributed by atoms with Gasteiger partial charge in [0.05, 0.1) is 17.2 Å². The molecule has 1 N–H and O–H groups in total. The highest BCUT2D eigenvalue weighted by Gasteiger charge is 2.19. The standard InChI is InChI=1S/C17H18N2O4/c1-4-23-16-9-13(8-15(17(16)20)19(21)22)10-18-14-7-5-6-11(2)12(14)3/h5-10,20H,4H2,1-3H3. The van der Waals surface area contributed by atoms with Crippen molar-refractivity contribution in [1.29, 1.82) is 0 Å². The first kappa shape index (κ1) is 16.5. The molecule has 0 aliphatic heterocycles. The number of nitro benzene ring substituents is 1. The van der Waals surface area contributed by atoms with Gasteiger partial charge in [-0.05, 0) is 44.0 Å². The number of aromatic hydroxyl groups is 1. The van der Waals surface area contributed by atoms with Crippen LogP contribution in [0.1, 0.15) is 23.6 Å². The van der Waals surface area contributed by atoms with Crippen molar-refractivity contribution in [3.05, 3.63) is 57.1 Å². The minimum absolute atomic E-state index is 0.0733. The molecule has 0 saturated carbocycles. The molecule has 0 atom stereocenters. The SMILES string of the molecule is CCOc1cc(C=Nc2cccc(C)c2C)cc([N+](=O)[O-])c1O. The molecule has 0 spiro atoms. The number of phenolic OH excluding ortho intramolecular Hbond substituents is 1. The van der Waals surface area contributed by atoms with Crippen LogP contribution in [0.2, 0.25) is 0 Å². The second-order valence-corrected chi connectivity index (χ2v) is 5.05. The zero-order valence-corrected chi connectivity index (χ0v) is 13.2. The van der Waals surface area contributed by atoms with Gasteiger partial charge < -0.3 is 9.84 Å². The van der Waals surface area contributed by atoms with E-state index in [9.17, 15) is 15.2 Å². The topological polar surface area (TPSA) is 85.0 Å². The van der Waals surface area contributed by atoms with Gasteiger partial charge in [-0.15, -0.1) is 0 Å². The van der Waals surface area contributed by atoms with Gasteiger partial charge in [0.1, 0.15) is 0 Å². The van der Waals surface area contributed by atoms with E-state index in [1.807, 2.05) is 32.0 Å². The second kappa shape index (κ2) is 6.91. The van der Waals surface area contributed by atoms with E-state index in [-0.39, 0.29) is 5.75 Å². The molecule has 0 radical (unpaired) electrons. The number of hydrogen-bond acceptors (Lipinski definition) is 5. The largest absolute Gasteiger partial charge is 0.500 e. The molecule has 0 unspecified atom stereocenters. The predicted octanol–water partition coefficient (Wildman–Crippen LogP) is 4.07. The third-order valence-electron chi connectivity index (χ3n) is 3.50. The summed E-state index contributed by atoms with van der Waals surface area (Å²) in [6.45, 7) is 5.99. The number of phenols is 1. The summed E-state index contributed by atoms with van der Waals surface area (Å²) in [7, 11) is 0. The van der Waals surface area contributed by atoms with Crippen LogP contribution >= 0.6 is 0 Å². The number of benzene rings is 2. The predicted molar refractivity (Wildman–Crippen MR) is 89.1 cm³/mol. The lowest BCUT2D eigenvalue weighted by Gasteiger charge is -2.07. The van der Waals surface area contributed by atoms with Gasteiger partial charge in [-0.25, -0.2) is 0 Å². The number of aliphatic imine (C=N–C) groups is 1. The van der Waals surface area contributed by atoms with Crippen molar-refractivity contribution in [3.8, 4) is 11.5 Å². The molecular weight excluding hydrogens is 296 g/mol. The van der Waals surface area contributed by atoms with E-state index in [4.69, 9.17) is 4.74 Å². The highest BCUT2D eigenvalue weighted by molar-refractivity contribution is 5.85. The maximum absolute atomic E-state index is 11.0. The van der Waals surface area contributed by atoms with Gasteiger partial charge in [-0.3, -0.25) is 15.1 Å². The molecule has 0 aliphatic rings. The highest BCUT2D eigenvalue weighted by Crippen LogP contribution is 2.36. The lowest BCUT2D eigenvalue weighted by atomic mass is 10.1. The van der Waals surface area contributed by atoms with E-state index < -0.39 is 16.4 Å². The first-order chi connectivity index (χ1) is 10.9. The maximum Gasteiger partial charge on any atom is 0.315 e. The van der Waals surface area contributed by atoms with Gasteiger partial charge in [-0.1, -0.05) is 12.1 Å². The zero-order valence-electron chi connectivity index (χ0n) is 13.2. The Morgan fingerprint density at radius 1 is 1.35 bits per heavy atom. The average molecular weight is 314 g/mol. The van der Waals surface area contributed by atoms with E-state index in [0.717, 1.165) is 16.8 Å². The summed E-state index contributed by atoms with van der Waals surface area (Å²) in [6, 6.07) is 8.57. The van der Waals surface area contributed by atoms with E-state index in [1.165, 1.54) is 18.3 Å². The first-order valence-corrected chi connectivity index (χ1v) is 7.18. The Morgan fingerprint density at radius 3 is 2.74 bits per heavy atom. The Bertz CT molecular complexity index is 769. The van der Waals surface area contributed by atoms with Crippen molar-refractivity contribution in [2.75, 3.05) is 6.61 Å². The van der Waals surface area contributed by atoms with Crippen LogP contribution in [0, 0.1) is 24.0 Å². The van der Waals surface area contributed by atoms with E-state index in [1.54, 1.807) is 6.92 Å². The molecule has 0 amide bonds. The molecule has 120 valence electrons. The van der Waals surface area contributed by atoms with Crippen LogP contribution in [-0.4, -0.2) is 22.9 Å². The first-order valence-electron chi connectivity index (χ1n) is 7.18. The molecule has 6 nitrogen and oxygen atoms in total. The molecule has 0 heterocycles. The number of aryl methyl sites for hydroxylation is 1. The fourth-order valence-corrected chi connectivity index (χ4v) is 2.11. The molecule has 0 aromatic heterocycles. The molecule has 23 heavy (non-hydrogen) atoms. The number of hydrogen-bond donors (Lipinski definition) is 1. The highest BCUT2D eigenvalue weighted by atomic mass is 16.6. The molecule has 0 fully saturated rings. The van der Waals surface area contributed by atoms with Crippen LogP contribution in [0.15, 0.2) is 35.3 Å². The number of rotatable bonds is 5. The Labute approximate surface area is 134 Å². The Balaban J connectivity index is 2.44. The summed E-state index contributed by atoms with van der Waals surface area (Å²) in [5.41, 5.74) is 3.03. The summed E-state index contributed by atoms with van der Waals surface area (Å²) in [6.07, 6.45) is 1.52. The van der Waals surface area contributed by atoms with E-state index in [2.05, 4.69) is 4.99 Å². The zero-order chi connectivity index (χ0) is 17.0. The van der Waals surface area contributed by atoms with E-state index in [0.29, 0.717) is 12.2 Å². The number of nitro groups is 1. The fraction of sp³-hybridized carbons (Fsp3) is 0.235. The minimum atomic E-state index is -0.646. The van der Waals surface area contributed by atoms with Gasteiger partial charge in [0.2, 0.25) is 5.75 Å². The van der Waals surface area contributed by atoms with Gasteiger partial charge in [0.25, 0.3) is 0 Å². The number of ether oxygens (including phenoxy) is 1. The maximum atomic E-state index is 11.0. The normalized spacial score (nSPS) is 10.9. The Hall–Kier alpha value is -2.89. The summed E-state index contributed by atoms with van der Waals surface area (Å²) in [5.74, 6) is -0.398. The van der Waals surface area contributed by atoms with E-state index >= 15 is 0 Å². The summed E-state index contributed by atoms with van der Waals surface area (Å²) < 4.78 is 5.25. The van der Waals surface area contributed by atoms with Crippen LogP contribution in [0.3, 0.4) is 0 Å². The molecule has 0 bridgehead atoms. The van der Waals surface area contributed by atoms with Gasteiger partial charge >= 0.3 is 5.69 Å². The fourth-order valence-electron chi connectivity index (χ4n) is 2.11. The van der Waals surface area contributed by atoms with Crippen molar-refractivity contribution in [2.24, 2.45) is 4.99 Å². The Kier molecular flexibility index (Phi) is 4.95.